The molecule has 3 aromatic rings. The summed E-state index contributed by atoms with van der Waals surface area (Å²) in [6.45, 7) is 0.401. The number of carbonyl (C=O) groups is 2. The lowest BCUT2D eigenvalue weighted by molar-refractivity contribution is 0.0827. The number of benzene rings is 2. The van der Waals surface area contributed by atoms with Gasteiger partial charge in [0.25, 0.3) is 11.8 Å². The van der Waals surface area contributed by atoms with Gasteiger partial charge in [0, 0.05) is 49.8 Å². The predicted molar refractivity (Wildman–Crippen MR) is 99.2 cm³/mol. The van der Waals surface area contributed by atoms with Gasteiger partial charge in [0.2, 0.25) is 0 Å². The molecule has 1 N–H and O–H groups in total. The molecule has 0 saturated carbocycles. The third-order valence-electron chi connectivity index (χ3n) is 3.99. The molecule has 2 amide bonds. The molecule has 0 unspecified atom stereocenters. The van der Waals surface area contributed by atoms with Crippen molar-refractivity contribution in [3.63, 3.8) is 0 Å². The summed E-state index contributed by atoms with van der Waals surface area (Å²) in [5.74, 6) is -0.186. The van der Waals surface area contributed by atoms with E-state index in [1.54, 1.807) is 50.9 Å². The van der Waals surface area contributed by atoms with Crippen LogP contribution in [0, 0.1) is 0 Å². The number of hydrogen-bond acceptors (Lipinski definition) is 3. The van der Waals surface area contributed by atoms with Gasteiger partial charge in [-0.15, -0.1) is 0 Å². The van der Waals surface area contributed by atoms with E-state index in [1.165, 1.54) is 4.90 Å². The van der Waals surface area contributed by atoms with Crippen LogP contribution in [0.3, 0.4) is 0 Å². The van der Waals surface area contributed by atoms with Gasteiger partial charge in [0.05, 0.1) is 6.33 Å². The van der Waals surface area contributed by atoms with Gasteiger partial charge in [-0.3, -0.25) is 9.59 Å². The molecule has 0 fully saturated rings. The van der Waals surface area contributed by atoms with Crippen LogP contribution in [0.25, 0.3) is 5.69 Å². The molecule has 132 valence electrons. The summed E-state index contributed by atoms with van der Waals surface area (Å²) in [7, 11) is 3.43. The first-order valence-electron chi connectivity index (χ1n) is 8.22. The van der Waals surface area contributed by atoms with E-state index in [4.69, 9.17) is 0 Å². The van der Waals surface area contributed by atoms with Gasteiger partial charge in [-0.1, -0.05) is 12.1 Å². The Balaban J connectivity index is 1.59. The second kappa shape index (κ2) is 7.65. The van der Waals surface area contributed by atoms with Crippen LogP contribution in [-0.4, -0.2) is 40.4 Å². The summed E-state index contributed by atoms with van der Waals surface area (Å²) in [6, 6.07) is 14.5. The highest BCUT2D eigenvalue weighted by atomic mass is 16.2. The molecule has 6 heteroatoms. The number of carbonyl (C=O) groups excluding carboxylic acids is 2. The summed E-state index contributed by atoms with van der Waals surface area (Å²) in [4.78, 5) is 29.7. The fourth-order valence-corrected chi connectivity index (χ4v) is 2.50. The minimum absolute atomic E-state index is 0.0430. The van der Waals surface area contributed by atoms with Crippen LogP contribution in [0.1, 0.15) is 26.3 Å². The van der Waals surface area contributed by atoms with Crippen LogP contribution >= 0.6 is 0 Å². The Morgan fingerprint density at radius 2 is 1.65 bits per heavy atom. The molecule has 2 aromatic carbocycles. The molecule has 0 aliphatic heterocycles. The van der Waals surface area contributed by atoms with Crippen molar-refractivity contribution in [2.75, 3.05) is 14.1 Å². The van der Waals surface area contributed by atoms with E-state index in [9.17, 15) is 9.59 Å². The monoisotopic (exact) mass is 348 g/mol. The van der Waals surface area contributed by atoms with E-state index in [2.05, 4.69) is 10.3 Å². The van der Waals surface area contributed by atoms with Gasteiger partial charge in [-0.25, -0.2) is 4.98 Å². The summed E-state index contributed by atoms with van der Waals surface area (Å²) in [6.07, 6.45) is 5.26. The van der Waals surface area contributed by atoms with Crippen LogP contribution in [0.2, 0.25) is 0 Å². The molecule has 0 atom stereocenters. The maximum Gasteiger partial charge on any atom is 0.253 e. The van der Waals surface area contributed by atoms with Gasteiger partial charge in [-0.05, 0) is 42.0 Å². The standard InChI is InChI=1S/C20H20N4O2/c1-23(2)20(26)17-5-3-15(4-6-17)13-22-19(25)16-7-9-18(10-8-16)24-12-11-21-14-24/h3-12,14H,13H2,1-2H3,(H,22,25). The molecular formula is C20H20N4O2. The second-order valence-electron chi connectivity index (χ2n) is 6.10. The van der Waals surface area contributed by atoms with E-state index in [0.29, 0.717) is 17.7 Å². The van der Waals surface area contributed by atoms with E-state index in [0.717, 1.165) is 11.3 Å². The Labute approximate surface area is 152 Å². The van der Waals surface area contributed by atoms with Gasteiger partial charge < -0.3 is 14.8 Å². The first-order valence-corrected chi connectivity index (χ1v) is 8.22. The fraction of sp³-hybridized carbons (Fsp3) is 0.150. The molecule has 0 spiro atoms. The lowest BCUT2D eigenvalue weighted by Gasteiger charge is -2.11. The minimum Gasteiger partial charge on any atom is -0.348 e. The smallest absolute Gasteiger partial charge is 0.253 e. The molecule has 0 radical (unpaired) electrons. The van der Waals surface area contributed by atoms with Crippen LogP contribution in [0.4, 0.5) is 0 Å². The molecule has 3 rings (SSSR count). The Morgan fingerprint density at radius 3 is 2.23 bits per heavy atom. The molecule has 1 aromatic heterocycles. The van der Waals surface area contributed by atoms with Gasteiger partial charge >= 0.3 is 0 Å². The zero-order chi connectivity index (χ0) is 18.5. The molecule has 0 saturated heterocycles. The van der Waals surface area contributed by atoms with E-state index in [-0.39, 0.29) is 11.8 Å². The number of amides is 2. The number of nitrogens with zero attached hydrogens (tertiary/aromatic N) is 3. The predicted octanol–water partition coefficient (Wildman–Crippen LogP) is 2.50. The van der Waals surface area contributed by atoms with Crippen LogP contribution < -0.4 is 5.32 Å². The van der Waals surface area contributed by atoms with E-state index >= 15 is 0 Å². The highest BCUT2D eigenvalue weighted by Gasteiger charge is 2.08. The molecule has 6 nitrogen and oxygen atoms in total. The third-order valence-corrected chi connectivity index (χ3v) is 3.99. The van der Waals surface area contributed by atoms with Crippen molar-refractivity contribution in [3.05, 3.63) is 83.9 Å². The van der Waals surface area contributed by atoms with Crippen molar-refractivity contribution in [2.24, 2.45) is 0 Å². The molecule has 0 aliphatic carbocycles. The van der Waals surface area contributed by atoms with Crippen molar-refractivity contribution in [2.45, 2.75) is 6.54 Å². The van der Waals surface area contributed by atoms with Crippen molar-refractivity contribution in [1.82, 2.24) is 19.8 Å². The van der Waals surface area contributed by atoms with E-state index < -0.39 is 0 Å². The Kier molecular flexibility index (Phi) is 5.12. The summed E-state index contributed by atoms with van der Waals surface area (Å²) >= 11 is 0. The van der Waals surface area contributed by atoms with Crippen LogP contribution in [0.5, 0.6) is 0 Å². The average Bonchev–Trinajstić information content (AvgIpc) is 3.21. The maximum atomic E-state index is 12.3. The zero-order valence-electron chi connectivity index (χ0n) is 14.7. The molecular weight excluding hydrogens is 328 g/mol. The van der Waals surface area contributed by atoms with Gasteiger partial charge in [0.15, 0.2) is 0 Å². The van der Waals surface area contributed by atoms with Crippen LogP contribution in [0.15, 0.2) is 67.3 Å². The molecule has 26 heavy (non-hydrogen) atoms. The largest absolute Gasteiger partial charge is 0.348 e. The normalized spacial score (nSPS) is 10.4. The van der Waals surface area contributed by atoms with Gasteiger partial charge in [-0.2, -0.15) is 0 Å². The first kappa shape index (κ1) is 17.4. The number of hydrogen-bond donors (Lipinski definition) is 1. The first-order chi connectivity index (χ1) is 12.5. The molecule has 0 aliphatic rings. The number of nitrogens with one attached hydrogen (secondary N) is 1. The van der Waals surface area contributed by atoms with E-state index in [1.807, 2.05) is 35.0 Å². The van der Waals surface area contributed by atoms with Crippen molar-refractivity contribution in [3.8, 4) is 5.69 Å². The molecule has 1 heterocycles. The van der Waals surface area contributed by atoms with Crippen molar-refractivity contribution >= 4 is 11.8 Å². The number of aromatic nitrogens is 2. The average molecular weight is 348 g/mol. The highest BCUT2D eigenvalue weighted by Crippen LogP contribution is 2.10. The lowest BCUT2D eigenvalue weighted by atomic mass is 10.1. The Hall–Kier alpha value is -3.41. The van der Waals surface area contributed by atoms with Crippen LogP contribution in [-0.2, 0) is 6.54 Å². The number of rotatable bonds is 5. The Bertz CT molecular complexity index is 883. The SMILES string of the molecule is CN(C)C(=O)c1ccc(CNC(=O)c2ccc(-n3ccnc3)cc2)cc1. The van der Waals surface area contributed by atoms with Crippen molar-refractivity contribution in [1.29, 1.82) is 0 Å². The zero-order valence-corrected chi connectivity index (χ0v) is 14.7. The van der Waals surface area contributed by atoms with Crippen molar-refractivity contribution < 1.29 is 9.59 Å². The fourth-order valence-electron chi connectivity index (χ4n) is 2.50. The lowest BCUT2D eigenvalue weighted by Crippen LogP contribution is -2.23. The third kappa shape index (κ3) is 3.97. The van der Waals surface area contributed by atoms with Gasteiger partial charge in [0.1, 0.15) is 0 Å². The topological polar surface area (TPSA) is 67.2 Å². The quantitative estimate of drug-likeness (QED) is 0.770. The summed E-state index contributed by atoms with van der Waals surface area (Å²) in [5.41, 5.74) is 3.09. The summed E-state index contributed by atoms with van der Waals surface area (Å²) in [5, 5.41) is 2.89. The second-order valence-corrected chi connectivity index (χ2v) is 6.10. The summed E-state index contributed by atoms with van der Waals surface area (Å²) < 4.78 is 1.87. The highest BCUT2D eigenvalue weighted by molar-refractivity contribution is 5.94. The number of imidazole rings is 1. The maximum absolute atomic E-state index is 12.3. The minimum atomic E-state index is -0.143. The molecule has 0 bridgehead atoms. The Morgan fingerprint density at radius 1 is 1.00 bits per heavy atom.